The molecule has 5 atom stereocenters. The van der Waals surface area contributed by atoms with Crippen molar-refractivity contribution in [3.05, 3.63) is 108 Å². The zero-order valence-electron chi connectivity index (χ0n) is 22.5. The molecule has 1 aliphatic rings. The fraction of sp³-hybridized carbons (Fsp3) is 0.323. The van der Waals surface area contributed by atoms with Crippen molar-refractivity contribution >= 4 is 17.9 Å². The maximum absolute atomic E-state index is 12.3. The van der Waals surface area contributed by atoms with Crippen molar-refractivity contribution in [2.24, 2.45) is 0 Å². The zero-order valence-corrected chi connectivity index (χ0v) is 22.5. The van der Waals surface area contributed by atoms with Crippen LogP contribution in [0.5, 0.6) is 0 Å². The average molecular weight is 549 g/mol. The van der Waals surface area contributed by atoms with Crippen LogP contribution in [0.25, 0.3) is 0 Å². The highest BCUT2D eigenvalue weighted by atomic mass is 16.7. The summed E-state index contributed by atoms with van der Waals surface area (Å²) < 4.78 is 29.2. The number of ether oxygens (including phenoxy) is 5. The number of hydrogen-bond acceptors (Lipinski definition) is 9. The average Bonchev–Trinajstić information content (AvgIpc) is 2.94. The van der Waals surface area contributed by atoms with Gasteiger partial charge in [0.1, 0.15) is 24.4 Å². The van der Waals surface area contributed by atoms with Gasteiger partial charge in [0, 0.05) is 20.8 Å². The van der Waals surface area contributed by atoms with E-state index in [9.17, 15) is 19.5 Å². The quantitative estimate of drug-likeness (QED) is 0.244. The summed E-state index contributed by atoms with van der Waals surface area (Å²) in [5.41, 5.74) is 0.939. The summed E-state index contributed by atoms with van der Waals surface area (Å²) in [6, 6.07) is 28.3. The zero-order chi connectivity index (χ0) is 28.7. The van der Waals surface area contributed by atoms with E-state index in [4.69, 9.17) is 23.7 Å². The molecular formula is C31H32O9. The van der Waals surface area contributed by atoms with Crippen molar-refractivity contribution in [1.82, 2.24) is 0 Å². The van der Waals surface area contributed by atoms with Crippen molar-refractivity contribution in [3.8, 4) is 0 Å². The summed E-state index contributed by atoms with van der Waals surface area (Å²) in [5.74, 6) is -1.99. The van der Waals surface area contributed by atoms with Gasteiger partial charge < -0.3 is 28.8 Å². The molecule has 210 valence electrons. The smallest absolute Gasteiger partial charge is 0.303 e. The molecule has 1 saturated heterocycles. The molecule has 1 unspecified atom stereocenters. The summed E-state index contributed by atoms with van der Waals surface area (Å²) in [4.78, 5) is 36.1. The number of aliphatic hydroxyl groups excluding tert-OH is 1. The van der Waals surface area contributed by atoms with E-state index >= 15 is 0 Å². The van der Waals surface area contributed by atoms with E-state index in [1.807, 2.05) is 91.0 Å². The molecule has 0 aliphatic carbocycles. The Balaban J connectivity index is 1.95. The molecule has 0 aromatic heterocycles. The number of benzene rings is 3. The minimum absolute atomic E-state index is 0.323. The van der Waals surface area contributed by atoms with Gasteiger partial charge in [-0.3, -0.25) is 14.4 Å². The molecule has 0 radical (unpaired) electrons. The SMILES string of the molecule is CC(=O)OC[C@H]1OC(O)[C@H](OC(C)=O)[C@@H](OC(C)=O)[C@H]1OC(c1ccccc1)(c1ccccc1)c1ccccc1. The predicted octanol–water partition coefficient (Wildman–Crippen LogP) is 3.51. The lowest BCUT2D eigenvalue weighted by atomic mass is 9.79. The Morgan fingerprint density at radius 1 is 0.675 bits per heavy atom. The van der Waals surface area contributed by atoms with Gasteiger partial charge in [0.15, 0.2) is 18.5 Å². The van der Waals surface area contributed by atoms with Crippen LogP contribution in [0.3, 0.4) is 0 Å². The lowest BCUT2D eigenvalue weighted by Gasteiger charge is -2.47. The van der Waals surface area contributed by atoms with Gasteiger partial charge in [0.2, 0.25) is 0 Å². The first-order chi connectivity index (χ1) is 19.2. The third kappa shape index (κ3) is 6.39. The van der Waals surface area contributed by atoms with Gasteiger partial charge in [-0.2, -0.15) is 0 Å². The van der Waals surface area contributed by atoms with Crippen LogP contribution in [0.1, 0.15) is 37.5 Å². The molecule has 1 N–H and O–H groups in total. The maximum atomic E-state index is 12.3. The molecular weight excluding hydrogens is 516 g/mol. The summed E-state index contributed by atoms with van der Waals surface area (Å²) >= 11 is 0. The Morgan fingerprint density at radius 3 is 1.50 bits per heavy atom. The van der Waals surface area contributed by atoms with Crippen LogP contribution in [0.15, 0.2) is 91.0 Å². The maximum Gasteiger partial charge on any atom is 0.303 e. The van der Waals surface area contributed by atoms with E-state index in [2.05, 4.69) is 0 Å². The molecule has 0 bridgehead atoms. The Bertz CT molecular complexity index is 1180. The normalized spacial score (nSPS) is 22.6. The summed E-state index contributed by atoms with van der Waals surface area (Å²) in [5, 5.41) is 10.8. The van der Waals surface area contributed by atoms with Crippen LogP contribution < -0.4 is 0 Å². The van der Waals surface area contributed by atoms with Gasteiger partial charge in [0.05, 0.1) is 0 Å². The monoisotopic (exact) mass is 548 g/mol. The van der Waals surface area contributed by atoms with Crippen molar-refractivity contribution in [2.45, 2.75) is 57.1 Å². The third-order valence-electron chi connectivity index (χ3n) is 6.52. The van der Waals surface area contributed by atoms with E-state index in [1.54, 1.807) is 0 Å². The van der Waals surface area contributed by atoms with E-state index in [-0.39, 0.29) is 6.61 Å². The molecule has 3 aromatic rings. The second-order valence-electron chi connectivity index (χ2n) is 9.38. The third-order valence-corrected chi connectivity index (χ3v) is 6.52. The lowest BCUT2D eigenvalue weighted by molar-refractivity contribution is -0.309. The molecule has 0 saturated carbocycles. The summed E-state index contributed by atoms with van der Waals surface area (Å²) in [6.07, 6.45) is -6.71. The molecule has 0 spiro atoms. The topological polar surface area (TPSA) is 118 Å². The second kappa shape index (κ2) is 12.9. The van der Waals surface area contributed by atoms with Crippen LogP contribution >= 0.6 is 0 Å². The minimum atomic E-state index is -1.69. The number of esters is 3. The molecule has 3 aromatic carbocycles. The van der Waals surface area contributed by atoms with Gasteiger partial charge in [-0.15, -0.1) is 0 Å². The highest BCUT2D eigenvalue weighted by Crippen LogP contribution is 2.44. The van der Waals surface area contributed by atoms with Crippen molar-refractivity contribution in [3.63, 3.8) is 0 Å². The minimum Gasteiger partial charge on any atom is -0.463 e. The summed E-state index contributed by atoms with van der Waals surface area (Å²) in [6.45, 7) is 3.28. The predicted molar refractivity (Wildman–Crippen MR) is 143 cm³/mol. The largest absolute Gasteiger partial charge is 0.463 e. The number of hydrogen-bond donors (Lipinski definition) is 1. The van der Waals surface area contributed by atoms with Crippen LogP contribution in [0.4, 0.5) is 0 Å². The lowest BCUT2D eigenvalue weighted by Crippen LogP contribution is -2.63. The van der Waals surface area contributed by atoms with Crippen LogP contribution in [-0.2, 0) is 43.7 Å². The number of rotatable bonds is 9. The van der Waals surface area contributed by atoms with E-state index in [1.165, 1.54) is 20.8 Å². The van der Waals surface area contributed by atoms with Gasteiger partial charge in [-0.1, -0.05) is 91.0 Å². The Morgan fingerprint density at radius 2 is 1.10 bits per heavy atom. The summed E-state index contributed by atoms with van der Waals surface area (Å²) in [7, 11) is 0. The fourth-order valence-corrected chi connectivity index (χ4v) is 4.94. The molecule has 0 amide bonds. The Labute approximate surface area is 232 Å². The van der Waals surface area contributed by atoms with E-state index in [0.29, 0.717) is 0 Å². The van der Waals surface area contributed by atoms with Gasteiger partial charge in [-0.25, -0.2) is 0 Å². The molecule has 1 fully saturated rings. The number of carbonyl (C=O) groups excluding carboxylic acids is 3. The highest BCUT2D eigenvalue weighted by Gasteiger charge is 2.54. The fourth-order valence-electron chi connectivity index (χ4n) is 4.94. The van der Waals surface area contributed by atoms with Gasteiger partial charge >= 0.3 is 17.9 Å². The molecule has 1 aliphatic heterocycles. The first kappa shape index (κ1) is 28.9. The molecule has 4 rings (SSSR count). The van der Waals surface area contributed by atoms with Crippen LogP contribution in [0, 0.1) is 0 Å². The standard InChI is InChI=1S/C31H32O9/c1-20(32)36-19-26-27(28(37-21(2)33)29(30(35)39-26)38-22(3)34)40-31(23-13-7-4-8-14-23,24-15-9-5-10-16-24)25-17-11-6-12-18-25/h4-18,26-30,35H,19H2,1-3H3/t26-,27+,28+,29-,30?/m1/s1. The van der Waals surface area contributed by atoms with Crippen molar-refractivity contribution in [2.75, 3.05) is 6.61 Å². The van der Waals surface area contributed by atoms with Crippen molar-refractivity contribution < 1.29 is 43.2 Å². The molecule has 1 heterocycles. The van der Waals surface area contributed by atoms with Crippen LogP contribution in [-0.4, -0.2) is 60.3 Å². The van der Waals surface area contributed by atoms with Crippen molar-refractivity contribution in [1.29, 1.82) is 0 Å². The number of carbonyl (C=O) groups is 3. The number of aliphatic hydroxyl groups is 1. The molecule has 9 heteroatoms. The highest BCUT2D eigenvalue weighted by molar-refractivity contribution is 5.67. The first-order valence-corrected chi connectivity index (χ1v) is 12.9. The Hall–Kier alpha value is -4.05. The first-order valence-electron chi connectivity index (χ1n) is 12.9. The van der Waals surface area contributed by atoms with Crippen LogP contribution in [0.2, 0.25) is 0 Å². The molecule has 9 nitrogen and oxygen atoms in total. The van der Waals surface area contributed by atoms with Gasteiger partial charge in [-0.05, 0) is 16.7 Å². The Kier molecular flexibility index (Phi) is 9.31. The molecule has 40 heavy (non-hydrogen) atoms. The second-order valence-corrected chi connectivity index (χ2v) is 9.38. The van der Waals surface area contributed by atoms with E-state index in [0.717, 1.165) is 16.7 Å². The van der Waals surface area contributed by atoms with E-state index < -0.39 is 54.2 Å². The van der Waals surface area contributed by atoms with Gasteiger partial charge in [0.25, 0.3) is 0 Å².